The summed E-state index contributed by atoms with van der Waals surface area (Å²) in [4.78, 5) is 21.0. The Kier molecular flexibility index (Phi) is 4.68. The molecule has 0 radical (unpaired) electrons. The lowest BCUT2D eigenvalue weighted by molar-refractivity contribution is -0.128. The quantitative estimate of drug-likeness (QED) is 0.817. The molecule has 6 heteroatoms. The molecule has 0 aromatic carbocycles. The second kappa shape index (κ2) is 6.03. The van der Waals surface area contributed by atoms with Gasteiger partial charge in [-0.2, -0.15) is 0 Å². The van der Waals surface area contributed by atoms with Crippen LogP contribution in [0.3, 0.4) is 0 Å². The molecule has 0 saturated heterocycles. The number of hydrogen-bond acceptors (Lipinski definition) is 5. The number of aromatic nitrogens is 2. The molecular weight excluding hydrogens is 220 g/mol. The highest BCUT2D eigenvalue weighted by Crippen LogP contribution is 2.19. The zero-order valence-corrected chi connectivity index (χ0v) is 10.6. The molecule has 1 rings (SSSR count). The van der Waals surface area contributed by atoms with Crippen LogP contribution in [0.4, 0.5) is 5.82 Å². The van der Waals surface area contributed by atoms with Crippen molar-refractivity contribution in [2.45, 2.75) is 13.3 Å². The molecule has 0 aliphatic carbocycles. The van der Waals surface area contributed by atoms with E-state index < -0.39 is 0 Å². The maximum atomic E-state index is 11.4. The van der Waals surface area contributed by atoms with E-state index in [4.69, 9.17) is 4.74 Å². The first-order valence-corrected chi connectivity index (χ1v) is 5.36. The van der Waals surface area contributed by atoms with Gasteiger partial charge in [0.1, 0.15) is 12.1 Å². The second-order valence-corrected chi connectivity index (χ2v) is 3.82. The van der Waals surface area contributed by atoms with Gasteiger partial charge in [0.05, 0.1) is 12.7 Å². The van der Waals surface area contributed by atoms with Gasteiger partial charge in [-0.1, -0.05) is 0 Å². The predicted octanol–water partition coefficient (Wildman–Crippen LogP) is 0.684. The smallest absolute Gasteiger partial charge is 0.223 e. The van der Waals surface area contributed by atoms with E-state index in [1.165, 1.54) is 6.33 Å². The molecule has 1 heterocycles. The van der Waals surface area contributed by atoms with Crippen molar-refractivity contribution in [1.29, 1.82) is 0 Å². The summed E-state index contributed by atoms with van der Waals surface area (Å²) in [7, 11) is 5.04. The number of nitrogens with one attached hydrogen (secondary N) is 1. The molecule has 1 N–H and O–H groups in total. The molecule has 17 heavy (non-hydrogen) atoms. The predicted molar refractivity (Wildman–Crippen MR) is 65.1 cm³/mol. The highest BCUT2D eigenvalue weighted by Gasteiger charge is 2.08. The van der Waals surface area contributed by atoms with Gasteiger partial charge in [-0.3, -0.25) is 4.79 Å². The Morgan fingerprint density at radius 3 is 2.76 bits per heavy atom. The molecule has 0 fully saturated rings. The maximum Gasteiger partial charge on any atom is 0.223 e. The minimum Gasteiger partial charge on any atom is -0.481 e. The van der Waals surface area contributed by atoms with Crippen LogP contribution in [0.2, 0.25) is 0 Å². The number of hydrogen-bond donors (Lipinski definition) is 1. The fraction of sp³-hybridized carbons (Fsp3) is 0.545. The van der Waals surface area contributed by atoms with Crippen LogP contribution in [0.25, 0.3) is 0 Å². The molecule has 1 aromatic rings. The maximum absolute atomic E-state index is 11.4. The Bertz CT molecular complexity index is 393. The third-order valence-electron chi connectivity index (χ3n) is 2.36. The van der Waals surface area contributed by atoms with E-state index in [1.54, 1.807) is 26.1 Å². The summed E-state index contributed by atoms with van der Waals surface area (Å²) in [6.45, 7) is 2.41. The number of carbonyl (C=O) groups excluding carboxylic acids is 1. The van der Waals surface area contributed by atoms with Crippen LogP contribution in [-0.2, 0) is 4.79 Å². The SMILES string of the molecule is COc1ncnc(NCCC(=O)N(C)C)c1C. The van der Waals surface area contributed by atoms with Crippen LogP contribution in [0, 0.1) is 6.92 Å². The fourth-order valence-electron chi connectivity index (χ4n) is 1.33. The van der Waals surface area contributed by atoms with E-state index in [2.05, 4.69) is 15.3 Å². The van der Waals surface area contributed by atoms with E-state index in [0.717, 1.165) is 5.56 Å². The summed E-state index contributed by atoms with van der Waals surface area (Å²) < 4.78 is 5.09. The van der Waals surface area contributed by atoms with E-state index >= 15 is 0 Å². The van der Waals surface area contributed by atoms with Crippen LogP contribution in [0.15, 0.2) is 6.33 Å². The molecule has 0 bridgehead atoms. The second-order valence-electron chi connectivity index (χ2n) is 3.82. The number of nitrogens with zero attached hydrogens (tertiary/aromatic N) is 3. The van der Waals surface area contributed by atoms with Crippen molar-refractivity contribution in [2.75, 3.05) is 33.1 Å². The minimum absolute atomic E-state index is 0.0798. The monoisotopic (exact) mass is 238 g/mol. The molecular formula is C11H18N4O2. The number of amides is 1. The molecule has 6 nitrogen and oxygen atoms in total. The van der Waals surface area contributed by atoms with E-state index in [1.807, 2.05) is 6.92 Å². The van der Waals surface area contributed by atoms with Crippen LogP contribution < -0.4 is 10.1 Å². The lowest BCUT2D eigenvalue weighted by atomic mass is 10.3. The molecule has 0 aliphatic heterocycles. The van der Waals surface area contributed by atoms with Gasteiger partial charge >= 0.3 is 0 Å². The molecule has 0 aliphatic rings. The Hall–Kier alpha value is -1.85. The van der Waals surface area contributed by atoms with Crippen molar-refractivity contribution < 1.29 is 9.53 Å². The molecule has 0 atom stereocenters. The minimum atomic E-state index is 0.0798. The number of methoxy groups -OCH3 is 1. The summed E-state index contributed by atoms with van der Waals surface area (Å²) in [5, 5.41) is 3.09. The van der Waals surface area contributed by atoms with Gasteiger partial charge in [0.25, 0.3) is 0 Å². The van der Waals surface area contributed by atoms with Gasteiger partial charge in [0, 0.05) is 27.1 Å². The summed E-state index contributed by atoms with van der Waals surface area (Å²) in [5.74, 6) is 1.32. The van der Waals surface area contributed by atoms with E-state index in [-0.39, 0.29) is 5.91 Å². The van der Waals surface area contributed by atoms with Gasteiger partial charge in [-0.25, -0.2) is 9.97 Å². The van der Waals surface area contributed by atoms with Crippen LogP contribution in [-0.4, -0.2) is 48.5 Å². The van der Waals surface area contributed by atoms with Gasteiger partial charge in [-0.15, -0.1) is 0 Å². The van der Waals surface area contributed by atoms with Crippen LogP contribution in [0.5, 0.6) is 5.88 Å². The number of anilines is 1. The highest BCUT2D eigenvalue weighted by molar-refractivity contribution is 5.76. The van der Waals surface area contributed by atoms with Crippen molar-refractivity contribution in [3.05, 3.63) is 11.9 Å². The molecule has 1 aromatic heterocycles. The van der Waals surface area contributed by atoms with Crippen molar-refractivity contribution in [3.8, 4) is 5.88 Å². The first-order chi connectivity index (χ1) is 8.06. The van der Waals surface area contributed by atoms with Gasteiger partial charge in [0.2, 0.25) is 11.8 Å². The highest BCUT2D eigenvalue weighted by atomic mass is 16.5. The molecule has 0 saturated carbocycles. The van der Waals surface area contributed by atoms with Crippen molar-refractivity contribution in [2.24, 2.45) is 0 Å². The fourth-order valence-corrected chi connectivity index (χ4v) is 1.33. The number of rotatable bonds is 5. The first-order valence-electron chi connectivity index (χ1n) is 5.36. The third-order valence-corrected chi connectivity index (χ3v) is 2.36. The first kappa shape index (κ1) is 13.2. The summed E-state index contributed by atoms with van der Waals surface area (Å²) >= 11 is 0. The van der Waals surface area contributed by atoms with Crippen molar-refractivity contribution in [1.82, 2.24) is 14.9 Å². The lowest BCUT2D eigenvalue weighted by Gasteiger charge is -2.12. The average Bonchev–Trinajstić information content (AvgIpc) is 2.31. The Morgan fingerprint density at radius 2 is 2.18 bits per heavy atom. The molecule has 0 spiro atoms. The molecule has 0 unspecified atom stereocenters. The molecule has 1 amide bonds. The Morgan fingerprint density at radius 1 is 1.47 bits per heavy atom. The Labute approximate surface area is 101 Å². The number of ether oxygens (including phenoxy) is 1. The van der Waals surface area contributed by atoms with Crippen LogP contribution in [0.1, 0.15) is 12.0 Å². The zero-order valence-electron chi connectivity index (χ0n) is 10.6. The van der Waals surface area contributed by atoms with E-state index in [9.17, 15) is 4.79 Å². The largest absolute Gasteiger partial charge is 0.481 e. The number of carbonyl (C=O) groups is 1. The summed E-state index contributed by atoms with van der Waals surface area (Å²) in [5.41, 5.74) is 0.840. The van der Waals surface area contributed by atoms with Crippen LogP contribution >= 0.6 is 0 Å². The van der Waals surface area contributed by atoms with Gasteiger partial charge in [-0.05, 0) is 6.92 Å². The normalized spacial score (nSPS) is 9.88. The Balaban J connectivity index is 2.55. The summed E-state index contributed by atoms with van der Waals surface area (Å²) in [6, 6.07) is 0. The molecule has 94 valence electrons. The lowest BCUT2D eigenvalue weighted by Crippen LogP contribution is -2.24. The third kappa shape index (κ3) is 3.58. The van der Waals surface area contributed by atoms with Crippen molar-refractivity contribution >= 4 is 11.7 Å². The topological polar surface area (TPSA) is 67.4 Å². The van der Waals surface area contributed by atoms with E-state index in [0.29, 0.717) is 24.7 Å². The summed E-state index contributed by atoms with van der Waals surface area (Å²) in [6.07, 6.45) is 1.86. The van der Waals surface area contributed by atoms with Crippen molar-refractivity contribution in [3.63, 3.8) is 0 Å². The zero-order chi connectivity index (χ0) is 12.8. The van der Waals surface area contributed by atoms with Gasteiger partial charge < -0.3 is 15.0 Å². The van der Waals surface area contributed by atoms with Gasteiger partial charge in [0.15, 0.2) is 0 Å². The average molecular weight is 238 g/mol. The standard InChI is InChI=1S/C11H18N4O2/c1-8-10(13-7-14-11(8)17-4)12-6-5-9(16)15(2)3/h7H,5-6H2,1-4H3,(H,12,13,14).